The van der Waals surface area contributed by atoms with Crippen LogP contribution in [0.1, 0.15) is 5.76 Å². The van der Waals surface area contributed by atoms with Gasteiger partial charge in [-0.25, -0.2) is 4.99 Å². The molecule has 0 amide bonds. The first-order valence-corrected chi connectivity index (χ1v) is 6.33. The molecule has 0 unspecified atom stereocenters. The lowest BCUT2D eigenvalue weighted by molar-refractivity contribution is 0.596. The van der Waals surface area contributed by atoms with E-state index in [0.29, 0.717) is 23.2 Å². The molecule has 5 heteroatoms. The van der Waals surface area contributed by atoms with Gasteiger partial charge >= 0.3 is 0 Å². The third-order valence-corrected chi connectivity index (χ3v) is 3.31. The SMILES string of the molecule is C=C1NC(CCl)=Nc2c1oc1ccc(Br)cc21. The topological polar surface area (TPSA) is 37.5 Å². The van der Waals surface area contributed by atoms with E-state index in [0.717, 1.165) is 21.1 Å². The highest BCUT2D eigenvalue weighted by molar-refractivity contribution is 9.10. The lowest BCUT2D eigenvalue weighted by atomic mass is 10.2. The quantitative estimate of drug-likeness (QED) is 0.807. The normalized spacial score (nSPS) is 14.5. The summed E-state index contributed by atoms with van der Waals surface area (Å²) in [4.78, 5) is 4.44. The fourth-order valence-electron chi connectivity index (χ4n) is 1.83. The molecule has 3 rings (SSSR count). The number of benzene rings is 1. The van der Waals surface area contributed by atoms with Gasteiger partial charge in [-0.2, -0.15) is 0 Å². The Morgan fingerprint density at radius 1 is 1.47 bits per heavy atom. The van der Waals surface area contributed by atoms with Crippen LogP contribution in [0.2, 0.25) is 0 Å². The number of nitrogens with zero attached hydrogens (tertiary/aromatic N) is 1. The number of rotatable bonds is 1. The molecule has 0 aliphatic carbocycles. The van der Waals surface area contributed by atoms with Crippen LogP contribution >= 0.6 is 27.5 Å². The number of hydrogen-bond acceptors (Lipinski definition) is 3. The van der Waals surface area contributed by atoms with Crippen molar-refractivity contribution in [1.82, 2.24) is 5.32 Å². The van der Waals surface area contributed by atoms with Gasteiger partial charge in [0.15, 0.2) is 5.76 Å². The minimum absolute atomic E-state index is 0.319. The highest BCUT2D eigenvalue weighted by Gasteiger charge is 2.21. The summed E-state index contributed by atoms with van der Waals surface area (Å²) in [5, 5.41) is 3.97. The lowest BCUT2D eigenvalue weighted by Crippen LogP contribution is -2.25. The van der Waals surface area contributed by atoms with Crippen LogP contribution in [0.4, 0.5) is 5.69 Å². The average Bonchev–Trinajstić information content (AvgIpc) is 2.68. The Kier molecular flexibility index (Phi) is 2.49. The van der Waals surface area contributed by atoms with Crippen molar-refractivity contribution in [2.24, 2.45) is 4.99 Å². The smallest absolute Gasteiger partial charge is 0.176 e. The van der Waals surface area contributed by atoms with Gasteiger partial charge in [0.05, 0.1) is 11.6 Å². The van der Waals surface area contributed by atoms with Crippen molar-refractivity contribution >= 4 is 55.7 Å². The predicted octanol–water partition coefficient (Wildman–Crippen LogP) is 4.04. The molecule has 3 nitrogen and oxygen atoms in total. The van der Waals surface area contributed by atoms with Gasteiger partial charge in [0, 0.05) is 9.86 Å². The molecule has 0 saturated heterocycles. The second-order valence-corrected chi connectivity index (χ2v) is 4.90. The molecular weight excluding hydrogens is 304 g/mol. The van der Waals surface area contributed by atoms with Gasteiger partial charge < -0.3 is 9.73 Å². The van der Waals surface area contributed by atoms with Crippen LogP contribution in [0.3, 0.4) is 0 Å². The second kappa shape index (κ2) is 3.89. The molecule has 1 aliphatic heterocycles. The zero-order valence-electron chi connectivity index (χ0n) is 8.76. The standard InChI is InChI=1S/C12H8BrClN2O/c1-6-12-11(16-10(5-14)15-6)8-4-7(13)2-3-9(8)17-12/h2-4H,1,5H2,(H,15,16). The van der Waals surface area contributed by atoms with Gasteiger partial charge in [-0.15, -0.1) is 11.6 Å². The van der Waals surface area contributed by atoms with Crippen LogP contribution in [0.25, 0.3) is 16.7 Å². The van der Waals surface area contributed by atoms with E-state index in [9.17, 15) is 0 Å². The molecule has 1 aromatic carbocycles. The van der Waals surface area contributed by atoms with Gasteiger partial charge in [-0.3, -0.25) is 0 Å². The van der Waals surface area contributed by atoms with Crippen molar-refractivity contribution in [2.75, 3.05) is 5.88 Å². The third kappa shape index (κ3) is 1.68. The summed E-state index contributed by atoms with van der Waals surface area (Å²) in [6.07, 6.45) is 0. The highest BCUT2D eigenvalue weighted by Crippen LogP contribution is 2.39. The average molecular weight is 312 g/mol. The second-order valence-electron chi connectivity index (χ2n) is 3.72. The highest BCUT2D eigenvalue weighted by atomic mass is 79.9. The zero-order valence-corrected chi connectivity index (χ0v) is 11.1. The summed E-state index contributed by atoms with van der Waals surface area (Å²) in [5.41, 5.74) is 2.28. The maximum atomic E-state index is 5.79. The van der Waals surface area contributed by atoms with E-state index in [2.05, 4.69) is 32.8 Å². The molecule has 0 spiro atoms. The summed E-state index contributed by atoms with van der Waals surface area (Å²) < 4.78 is 6.70. The first-order valence-electron chi connectivity index (χ1n) is 5.01. The van der Waals surface area contributed by atoms with Gasteiger partial charge in [0.25, 0.3) is 0 Å². The number of hydrogen-bond donors (Lipinski definition) is 1. The molecule has 1 N–H and O–H groups in total. The van der Waals surface area contributed by atoms with E-state index >= 15 is 0 Å². The number of nitrogens with one attached hydrogen (secondary N) is 1. The molecule has 17 heavy (non-hydrogen) atoms. The fourth-order valence-corrected chi connectivity index (χ4v) is 2.32. The number of furan rings is 1. The Labute approximate surface area is 111 Å². The van der Waals surface area contributed by atoms with Crippen molar-refractivity contribution in [3.63, 3.8) is 0 Å². The van der Waals surface area contributed by atoms with Gasteiger partial charge in [0.2, 0.25) is 0 Å². The maximum Gasteiger partial charge on any atom is 0.176 e. The molecule has 0 atom stereocenters. The van der Waals surface area contributed by atoms with Crippen molar-refractivity contribution in [3.05, 3.63) is 35.0 Å². The van der Waals surface area contributed by atoms with Crippen molar-refractivity contribution in [3.8, 4) is 0 Å². The van der Waals surface area contributed by atoms with E-state index < -0.39 is 0 Å². The van der Waals surface area contributed by atoms with Crippen molar-refractivity contribution in [2.45, 2.75) is 0 Å². The number of fused-ring (bicyclic) bond motifs is 3. The first kappa shape index (κ1) is 10.9. The predicted molar refractivity (Wildman–Crippen MR) is 73.9 cm³/mol. The number of alkyl halides is 1. The lowest BCUT2D eigenvalue weighted by Gasteiger charge is -2.13. The van der Waals surface area contributed by atoms with E-state index in [4.69, 9.17) is 16.0 Å². The van der Waals surface area contributed by atoms with Gasteiger partial charge in [0.1, 0.15) is 17.1 Å². The molecule has 0 fully saturated rings. The van der Waals surface area contributed by atoms with Crippen LogP contribution < -0.4 is 5.32 Å². The molecule has 86 valence electrons. The molecule has 2 heterocycles. The summed E-state index contributed by atoms with van der Waals surface area (Å²) >= 11 is 9.23. The molecule has 1 aromatic heterocycles. The Hall–Kier alpha value is -1.26. The molecule has 1 aliphatic rings. The van der Waals surface area contributed by atoms with Crippen molar-refractivity contribution in [1.29, 1.82) is 0 Å². The zero-order chi connectivity index (χ0) is 12.0. The van der Waals surface area contributed by atoms with Crippen LogP contribution in [0, 0.1) is 0 Å². The maximum absolute atomic E-state index is 5.79. The third-order valence-electron chi connectivity index (χ3n) is 2.57. The van der Waals surface area contributed by atoms with Crippen LogP contribution in [0.15, 0.2) is 38.7 Å². The largest absolute Gasteiger partial charge is 0.452 e. The van der Waals surface area contributed by atoms with Crippen LogP contribution in [-0.4, -0.2) is 11.7 Å². The Morgan fingerprint density at radius 3 is 3.06 bits per heavy atom. The van der Waals surface area contributed by atoms with E-state index in [-0.39, 0.29) is 0 Å². The van der Waals surface area contributed by atoms with Crippen LogP contribution in [-0.2, 0) is 0 Å². The summed E-state index contributed by atoms with van der Waals surface area (Å²) in [5.74, 6) is 1.68. The molecule has 0 radical (unpaired) electrons. The Morgan fingerprint density at radius 2 is 2.29 bits per heavy atom. The first-order chi connectivity index (χ1) is 8.19. The Bertz CT molecular complexity index is 660. The number of halogens is 2. The van der Waals surface area contributed by atoms with Crippen molar-refractivity contribution < 1.29 is 4.42 Å². The monoisotopic (exact) mass is 310 g/mol. The summed E-state index contributed by atoms with van der Waals surface area (Å²) in [6, 6.07) is 5.81. The molecular formula is C12H8BrClN2O. The summed E-state index contributed by atoms with van der Waals surface area (Å²) in [6.45, 7) is 3.92. The molecule has 2 aromatic rings. The van der Waals surface area contributed by atoms with E-state index in [1.165, 1.54) is 0 Å². The molecule has 0 saturated carbocycles. The molecule has 0 bridgehead atoms. The van der Waals surface area contributed by atoms with E-state index in [1.807, 2.05) is 18.2 Å². The number of aliphatic imine (C=N–C) groups is 1. The van der Waals surface area contributed by atoms with Crippen LogP contribution in [0.5, 0.6) is 0 Å². The van der Waals surface area contributed by atoms with Gasteiger partial charge in [-0.05, 0) is 18.2 Å². The fraction of sp³-hybridized carbons (Fsp3) is 0.0833. The summed E-state index contributed by atoms with van der Waals surface area (Å²) in [7, 11) is 0. The van der Waals surface area contributed by atoms with Gasteiger partial charge in [-0.1, -0.05) is 22.5 Å². The van der Waals surface area contributed by atoms with E-state index in [1.54, 1.807) is 0 Å². The minimum atomic E-state index is 0.319. The Balaban J connectivity index is 2.34. The number of amidine groups is 1. The minimum Gasteiger partial charge on any atom is -0.452 e.